The highest BCUT2D eigenvalue weighted by Gasteiger charge is 2.22. The standard InChI is InChI=1S/C8H14N4O/c1-6(10-7-3-13-4-7)8-11-9-5-12(8)2/h5-7,10H,3-4H2,1-2H3. The summed E-state index contributed by atoms with van der Waals surface area (Å²) in [6.45, 7) is 3.70. The second kappa shape index (κ2) is 3.43. The van der Waals surface area contributed by atoms with E-state index in [-0.39, 0.29) is 6.04 Å². The molecule has 1 atom stereocenters. The lowest BCUT2D eigenvalue weighted by Gasteiger charge is -2.29. The lowest BCUT2D eigenvalue weighted by Crippen LogP contribution is -2.47. The summed E-state index contributed by atoms with van der Waals surface area (Å²) in [5, 5.41) is 11.3. The third-order valence-electron chi connectivity index (χ3n) is 2.26. The van der Waals surface area contributed by atoms with Gasteiger partial charge in [0.05, 0.1) is 25.3 Å². The minimum absolute atomic E-state index is 0.237. The Bertz CT molecular complexity index is 281. The number of hydrogen-bond donors (Lipinski definition) is 1. The molecule has 2 rings (SSSR count). The summed E-state index contributed by atoms with van der Waals surface area (Å²) in [5.74, 6) is 0.965. The van der Waals surface area contributed by atoms with Gasteiger partial charge in [-0.25, -0.2) is 0 Å². The number of nitrogens with one attached hydrogen (secondary N) is 1. The zero-order valence-electron chi connectivity index (χ0n) is 7.90. The molecule has 0 radical (unpaired) electrons. The molecular weight excluding hydrogens is 168 g/mol. The molecule has 0 aliphatic carbocycles. The van der Waals surface area contributed by atoms with Crippen LogP contribution in [0.1, 0.15) is 18.8 Å². The molecule has 1 N–H and O–H groups in total. The SMILES string of the molecule is CC(NC1COC1)c1nncn1C. The Kier molecular flexibility index (Phi) is 2.28. The van der Waals surface area contributed by atoms with Crippen molar-refractivity contribution in [2.75, 3.05) is 13.2 Å². The van der Waals surface area contributed by atoms with E-state index >= 15 is 0 Å². The molecule has 5 nitrogen and oxygen atoms in total. The van der Waals surface area contributed by atoms with E-state index in [9.17, 15) is 0 Å². The monoisotopic (exact) mass is 182 g/mol. The van der Waals surface area contributed by atoms with Gasteiger partial charge in [-0.15, -0.1) is 10.2 Å². The van der Waals surface area contributed by atoms with Gasteiger partial charge in [-0.1, -0.05) is 0 Å². The van der Waals surface area contributed by atoms with Gasteiger partial charge in [0.2, 0.25) is 0 Å². The number of aryl methyl sites for hydroxylation is 1. The molecule has 1 fully saturated rings. The first-order chi connectivity index (χ1) is 6.27. The van der Waals surface area contributed by atoms with Crippen molar-refractivity contribution < 1.29 is 4.74 Å². The highest BCUT2D eigenvalue weighted by molar-refractivity contribution is 4.94. The average molecular weight is 182 g/mol. The van der Waals surface area contributed by atoms with Gasteiger partial charge in [-0.3, -0.25) is 0 Å². The van der Waals surface area contributed by atoms with E-state index < -0.39 is 0 Å². The molecule has 1 aromatic heterocycles. The van der Waals surface area contributed by atoms with Gasteiger partial charge in [0.25, 0.3) is 0 Å². The van der Waals surface area contributed by atoms with E-state index in [0.29, 0.717) is 6.04 Å². The molecule has 0 spiro atoms. The predicted octanol–water partition coefficient (Wildman–Crippen LogP) is -0.136. The summed E-state index contributed by atoms with van der Waals surface area (Å²) < 4.78 is 7.01. The summed E-state index contributed by atoms with van der Waals surface area (Å²) in [4.78, 5) is 0. The van der Waals surface area contributed by atoms with Gasteiger partial charge < -0.3 is 14.6 Å². The summed E-state index contributed by atoms with van der Waals surface area (Å²) in [6.07, 6.45) is 1.71. The van der Waals surface area contributed by atoms with Crippen LogP contribution in [0, 0.1) is 0 Å². The van der Waals surface area contributed by atoms with Crippen LogP contribution in [0.3, 0.4) is 0 Å². The molecule has 1 aromatic rings. The minimum atomic E-state index is 0.237. The second-order valence-electron chi connectivity index (χ2n) is 3.42. The van der Waals surface area contributed by atoms with E-state index in [1.165, 1.54) is 0 Å². The van der Waals surface area contributed by atoms with Crippen molar-refractivity contribution in [1.82, 2.24) is 20.1 Å². The molecule has 5 heteroatoms. The molecule has 0 saturated carbocycles. The highest BCUT2D eigenvalue weighted by atomic mass is 16.5. The van der Waals surface area contributed by atoms with Gasteiger partial charge >= 0.3 is 0 Å². The van der Waals surface area contributed by atoms with Crippen molar-refractivity contribution >= 4 is 0 Å². The minimum Gasteiger partial charge on any atom is -0.378 e. The van der Waals surface area contributed by atoms with E-state index in [2.05, 4.69) is 22.4 Å². The van der Waals surface area contributed by atoms with Gasteiger partial charge in [0.1, 0.15) is 12.2 Å². The number of aromatic nitrogens is 3. The number of hydrogen-bond acceptors (Lipinski definition) is 4. The van der Waals surface area contributed by atoms with Gasteiger partial charge in [-0.2, -0.15) is 0 Å². The molecular formula is C8H14N4O. The first kappa shape index (κ1) is 8.65. The van der Waals surface area contributed by atoms with Crippen LogP contribution in [-0.2, 0) is 11.8 Å². The van der Waals surface area contributed by atoms with Crippen molar-refractivity contribution in [2.45, 2.75) is 19.0 Å². The predicted molar refractivity (Wildman–Crippen MR) is 47.2 cm³/mol. The van der Waals surface area contributed by atoms with Gasteiger partial charge in [0, 0.05) is 7.05 Å². The Balaban J connectivity index is 1.96. The van der Waals surface area contributed by atoms with Crippen LogP contribution in [0.2, 0.25) is 0 Å². The molecule has 13 heavy (non-hydrogen) atoms. The molecule has 0 aromatic carbocycles. The van der Waals surface area contributed by atoms with Crippen LogP contribution < -0.4 is 5.32 Å². The van der Waals surface area contributed by atoms with Crippen molar-refractivity contribution in [3.8, 4) is 0 Å². The first-order valence-corrected chi connectivity index (χ1v) is 4.45. The smallest absolute Gasteiger partial charge is 0.149 e. The summed E-state index contributed by atoms with van der Waals surface area (Å²) >= 11 is 0. The Hall–Kier alpha value is -0.940. The molecule has 72 valence electrons. The van der Waals surface area contributed by atoms with Crippen LogP contribution in [0.25, 0.3) is 0 Å². The fraction of sp³-hybridized carbons (Fsp3) is 0.750. The Labute approximate surface area is 77.1 Å². The van der Waals surface area contributed by atoms with E-state index in [1.807, 2.05) is 11.6 Å². The zero-order chi connectivity index (χ0) is 9.26. The summed E-state index contributed by atoms with van der Waals surface area (Å²) in [6, 6.07) is 0.716. The van der Waals surface area contributed by atoms with Crippen molar-refractivity contribution in [3.63, 3.8) is 0 Å². The third kappa shape index (κ3) is 1.71. The lowest BCUT2D eigenvalue weighted by molar-refractivity contribution is -0.00977. The van der Waals surface area contributed by atoms with Crippen LogP contribution in [0.15, 0.2) is 6.33 Å². The lowest BCUT2D eigenvalue weighted by atomic mass is 10.2. The molecule has 2 heterocycles. The maximum Gasteiger partial charge on any atom is 0.149 e. The van der Waals surface area contributed by atoms with Crippen LogP contribution in [0.5, 0.6) is 0 Å². The molecule has 0 amide bonds. The maximum atomic E-state index is 5.08. The van der Waals surface area contributed by atoms with E-state index in [1.54, 1.807) is 6.33 Å². The van der Waals surface area contributed by atoms with Crippen molar-refractivity contribution in [3.05, 3.63) is 12.2 Å². The van der Waals surface area contributed by atoms with Gasteiger partial charge in [-0.05, 0) is 6.92 Å². The van der Waals surface area contributed by atoms with Crippen LogP contribution in [-0.4, -0.2) is 34.0 Å². The Morgan fingerprint density at radius 2 is 2.46 bits per heavy atom. The number of rotatable bonds is 3. The quantitative estimate of drug-likeness (QED) is 0.707. The number of ether oxygens (including phenoxy) is 1. The second-order valence-corrected chi connectivity index (χ2v) is 3.42. The third-order valence-corrected chi connectivity index (χ3v) is 2.26. The zero-order valence-corrected chi connectivity index (χ0v) is 7.90. The Morgan fingerprint density at radius 1 is 1.69 bits per heavy atom. The molecule has 0 bridgehead atoms. The first-order valence-electron chi connectivity index (χ1n) is 4.45. The van der Waals surface area contributed by atoms with Gasteiger partial charge in [0.15, 0.2) is 0 Å². The van der Waals surface area contributed by atoms with Crippen LogP contribution >= 0.6 is 0 Å². The van der Waals surface area contributed by atoms with Crippen LogP contribution in [0.4, 0.5) is 0 Å². The van der Waals surface area contributed by atoms with Crippen molar-refractivity contribution in [2.24, 2.45) is 7.05 Å². The molecule has 1 saturated heterocycles. The molecule has 1 unspecified atom stereocenters. The Morgan fingerprint density at radius 3 is 2.92 bits per heavy atom. The average Bonchev–Trinajstić information content (AvgIpc) is 2.43. The fourth-order valence-electron chi connectivity index (χ4n) is 1.44. The fourth-order valence-corrected chi connectivity index (χ4v) is 1.44. The van der Waals surface area contributed by atoms with E-state index in [0.717, 1.165) is 19.0 Å². The summed E-state index contributed by atoms with van der Waals surface area (Å²) in [7, 11) is 1.95. The number of nitrogens with zero attached hydrogens (tertiary/aromatic N) is 3. The largest absolute Gasteiger partial charge is 0.378 e. The normalized spacial score (nSPS) is 19.8. The molecule has 1 aliphatic rings. The molecule has 1 aliphatic heterocycles. The van der Waals surface area contributed by atoms with E-state index in [4.69, 9.17) is 4.74 Å². The van der Waals surface area contributed by atoms with Crippen molar-refractivity contribution in [1.29, 1.82) is 0 Å². The highest BCUT2D eigenvalue weighted by Crippen LogP contribution is 2.11. The maximum absolute atomic E-state index is 5.08. The summed E-state index contributed by atoms with van der Waals surface area (Å²) in [5.41, 5.74) is 0. The topological polar surface area (TPSA) is 52.0 Å².